The highest BCUT2D eigenvalue weighted by atomic mass is 16.2. The van der Waals surface area contributed by atoms with Crippen molar-refractivity contribution >= 4 is 22.5 Å². The Morgan fingerprint density at radius 1 is 1.15 bits per heavy atom. The molecule has 1 N–H and O–H groups in total. The van der Waals surface area contributed by atoms with Gasteiger partial charge in [-0.1, -0.05) is 37.6 Å². The van der Waals surface area contributed by atoms with Crippen LogP contribution >= 0.6 is 0 Å². The quantitative estimate of drug-likeness (QED) is 0.738. The molecule has 1 heterocycles. The average molecular weight is 349 g/mol. The third-order valence-electron chi connectivity index (χ3n) is 4.43. The maximum Gasteiger partial charge on any atom is 0.261 e. The smallest absolute Gasteiger partial charge is 0.261 e. The van der Waals surface area contributed by atoms with Gasteiger partial charge in [0.2, 0.25) is 5.91 Å². The number of hydrogen-bond acceptors (Lipinski definition) is 3. The summed E-state index contributed by atoms with van der Waals surface area (Å²) in [6, 6.07) is 13.3. The third-order valence-corrected chi connectivity index (χ3v) is 4.43. The van der Waals surface area contributed by atoms with E-state index in [0.29, 0.717) is 10.9 Å². The molecule has 0 fully saturated rings. The Balaban J connectivity index is 1.71. The lowest BCUT2D eigenvalue weighted by atomic mass is 10.1. The molecule has 5 nitrogen and oxygen atoms in total. The molecular weight excluding hydrogens is 326 g/mol. The number of amides is 1. The SMILES string of the molecule is CCCCc1ccc(NC(=O)Cn2cnc3c(C)cccc3c2=O)cc1. The van der Waals surface area contributed by atoms with Crippen molar-refractivity contribution in [3.05, 3.63) is 70.3 Å². The number of anilines is 1. The van der Waals surface area contributed by atoms with Gasteiger partial charge in [0, 0.05) is 5.69 Å². The highest BCUT2D eigenvalue weighted by Crippen LogP contribution is 2.13. The van der Waals surface area contributed by atoms with E-state index in [2.05, 4.69) is 17.2 Å². The van der Waals surface area contributed by atoms with E-state index in [4.69, 9.17) is 0 Å². The first-order valence-corrected chi connectivity index (χ1v) is 8.92. The molecule has 1 amide bonds. The summed E-state index contributed by atoms with van der Waals surface area (Å²) in [6.07, 6.45) is 4.79. The highest BCUT2D eigenvalue weighted by Gasteiger charge is 2.09. The molecule has 3 rings (SSSR count). The van der Waals surface area contributed by atoms with Crippen LogP contribution in [-0.4, -0.2) is 15.5 Å². The van der Waals surface area contributed by atoms with Crippen LogP contribution in [-0.2, 0) is 17.8 Å². The number of carbonyl (C=O) groups excluding carboxylic acids is 1. The van der Waals surface area contributed by atoms with Gasteiger partial charge in [0.25, 0.3) is 5.56 Å². The van der Waals surface area contributed by atoms with E-state index in [1.54, 1.807) is 6.07 Å². The number of nitrogens with one attached hydrogen (secondary N) is 1. The molecular formula is C21H23N3O2. The number of unbranched alkanes of at least 4 members (excludes halogenated alkanes) is 1. The molecule has 0 bridgehead atoms. The Labute approximate surface area is 152 Å². The zero-order valence-corrected chi connectivity index (χ0v) is 15.2. The molecule has 0 aliphatic heterocycles. The van der Waals surface area contributed by atoms with Crippen LogP contribution in [0.2, 0.25) is 0 Å². The van der Waals surface area contributed by atoms with Crippen LogP contribution in [0, 0.1) is 6.92 Å². The number of fused-ring (bicyclic) bond motifs is 1. The minimum Gasteiger partial charge on any atom is -0.325 e. The number of para-hydroxylation sites is 1. The molecule has 3 aromatic rings. The van der Waals surface area contributed by atoms with E-state index in [9.17, 15) is 9.59 Å². The summed E-state index contributed by atoms with van der Waals surface area (Å²) in [5, 5.41) is 3.36. The lowest BCUT2D eigenvalue weighted by Crippen LogP contribution is -2.28. The number of hydrogen-bond donors (Lipinski definition) is 1. The lowest BCUT2D eigenvalue weighted by molar-refractivity contribution is -0.116. The topological polar surface area (TPSA) is 64.0 Å². The fourth-order valence-corrected chi connectivity index (χ4v) is 2.94. The zero-order chi connectivity index (χ0) is 18.5. The van der Waals surface area contributed by atoms with Gasteiger partial charge in [-0.25, -0.2) is 4.98 Å². The molecule has 0 radical (unpaired) electrons. The van der Waals surface area contributed by atoms with E-state index < -0.39 is 0 Å². The monoisotopic (exact) mass is 349 g/mol. The molecule has 5 heteroatoms. The second-order valence-corrected chi connectivity index (χ2v) is 6.50. The lowest BCUT2D eigenvalue weighted by Gasteiger charge is -2.09. The van der Waals surface area contributed by atoms with Gasteiger partial charge in [0.05, 0.1) is 17.2 Å². The minimum absolute atomic E-state index is 0.0622. The fraction of sp³-hybridized carbons (Fsp3) is 0.286. The Hall–Kier alpha value is -2.95. The standard InChI is InChI=1S/C21H23N3O2/c1-3-4-7-16-9-11-17(12-10-16)23-19(25)13-24-14-22-20-15(2)6-5-8-18(20)21(24)26/h5-6,8-12,14H,3-4,7,13H2,1-2H3,(H,23,25). The van der Waals surface area contributed by atoms with Gasteiger partial charge in [0.1, 0.15) is 6.54 Å². The van der Waals surface area contributed by atoms with Crippen LogP contribution in [0.3, 0.4) is 0 Å². The van der Waals surface area contributed by atoms with Gasteiger partial charge >= 0.3 is 0 Å². The Kier molecular flexibility index (Phi) is 5.46. The van der Waals surface area contributed by atoms with Crippen molar-refractivity contribution in [3.8, 4) is 0 Å². The van der Waals surface area contributed by atoms with Gasteiger partial charge in [-0.05, 0) is 49.1 Å². The second-order valence-electron chi connectivity index (χ2n) is 6.50. The second kappa shape index (κ2) is 7.95. The van der Waals surface area contributed by atoms with E-state index in [0.717, 1.165) is 30.5 Å². The van der Waals surface area contributed by atoms with Crippen LogP contribution in [0.15, 0.2) is 53.6 Å². The van der Waals surface area contributed by atoms with Crippen LogP contribution < -0.4 is 10.9 Å². The largest absolute Gasteiger partial charge is 0.325 e. The fourth-order valence-electron chi connectivity index (χ4n) is 2.94. The van der Waals surface area contributed by atoms with E-state index in [-0.39, 0.29) is 18.0 Å². The van der Waals surface area contributed by atoms with Crippen molar-refractivity contribution in [1.82, 2.24) is 9.55 Å². The van der Waals surface area contributed by atoms with Crippen LogP contribution in [0.25, 0.3) is 10.9 Å². The van der Waals surface area contributed by atoms with Crippen molar-refractivity contribution in [2.75, 3.05) is 5.32 Å². The molecule has 0 aliphatic carbocycles. The van der Waals surface area contributed by atoms with E-state index in [1.165, 1.54) is 16.5 Å². The van der Waals surface area contributed by atoms with Crippen LogP contribution in [0.1, 0.15) is 30.9 Å². The summed E-state index contributed by atoms with van der Waals surface area (Å²) < 4.78 is 1.34. The highest BCUT2D eigenvalue weighted by molar-refractivity contribution is 5.90. The maximum absolute atomic E-state index is 12.6. The minimum atomic E-state index is -0.248. The van der Waals surface area contributed by atoms with Gasteiger partial charge in [-0.15, -0.1) is 0 Å². The van der Waals surface area contributed by atoms with Crippen molar-refractivity contribution in [2.45, 2.75) is 39.7 Å². The summed E-state index contributed by atoms with van der Waals surface area (Å²) in [5.74, 6) is -0.248. The molecule has 1 aromatic heterocycles. The number of rotatable bonds is 6. The van der Waals surface area contributed by atoms with Gasteiger partial charge < -0.3 is 5.32 Å². The zero-order valence-electron chi connectivity index (χ0n) is 15.2. The van der Waals surface area contributed by atoms with Crippen LogP contribution in [0.5, 0.6) is 0 Å². The summed E-state index contributed by atoms with van der Waals surface area (Å²) >= 11 is 0. The van der Waals surface area contributed by atoms with Crippen molar-refractivity contribution in [3.63, 3.8) is 0 Å². The van der Waals surface area contributed by atoms with Gasteiger partial charge in [0.15, 0.2) is 0 Å². The number of benzene rings is 2. The van der Waals surface area contributed by atoms with Crippen molar-refractivity contribution in [1.29, 1.82) is 0 Å². The molecule has 0 unspecified atom stereocenters. The predicted octanol–water partition coefficient (Wildman–Crippen LogP) is 3.69. The average Bonchev–Trinajstić information content (AvgIpc) is 2.64. The summed E-state index contributed by atoms with van der Waals surface area (Å²) in [7, 11) is 0. The molecule has 0 saturated heterocycles. The van der Waals surface area contributed by atoms with Crippen molar-refractivity contribution in [2.24, 2.45) is 0 Å². The Morgan fingerprint density at radius 2 is 1.92 bits per heavy atom. The number of carbonyl (C=O) groups is 1. The normalized spacial score (nSPS) is 10.8. The first-order chi connectivity index (χ1) is 12.6. The predicted molar refractivity (Wildman–Crippen MR) is 104 cm³/mol. The van der Waals surface area contributed by atoms with E-state index >= 15 is 0 Å². The van der Waals surface area contributed by atoms with Crippen molar-refractivity contribution < 1.29 is 4.79 Å². The Bertz CT molecular complexity index is 975. The molecule has 0 atom stereocenters. The number of nitrogens with zero attached hydrogens (tertiary/aromatic N) is 2. The molecule has 0 saturated carbocycles. The molecule has 0 aliphatic rings. The number of aryl methyl sites for hydroxylation is 2. The first kappa shape index (κ1) is 17.9. The summed E-state index contributed by atoms with van der Waals surface area (Å²) in [6.45, 7) is 4.02. The summed E-state index contributed by atoms with van der Waals surface area (Å²) in [4.78, 5) is 29.2. The Morgan fingerprint density at radius 3 is 2.65 bits per heavy atom. The molecule has 134 valence electrons. The van der Waals surface area contributed by atoms with Gasteiger partial charge in [-0.2, -0.15) is 0 Å². The summed E-state index contributed by atoms with van der Waals surface area (Å²) in [5.41, 5.74) is 3.41. The maximum atomic E-state index is 12.6. The molecule has 0 spiro atoms. The van der Waals surface area contributed by atoms with Gasteiger partial charge in [-0.3, -0.25) is 14.2 Å². The third kappa shape index (κ3) is 3.99. The number of aromatic nitrogens is 2. The van der Waals surface area contributed by atoms with E-state index in [1.807, 2.05) is 43.3 Å². The van der Waals surface area contributed by atoms with Crippen LogP contribution in [0.4, 0.5) is 5.69 Å². The molecule has 26 heavy (non-hydrogen) atoms. The molecule has 2 aromatic carbocycles. The first-order valence-electron chi connectivity index (χ1n) is 8.92.